The average Bonchev–Trinajstić information content (AvgIpc) is 3.33. The SMILES string of the molecule is CCNC(=NCC1CC1)NCCNS(=O)(=O)c1ccc(C)cc1.I. The number of aryl methyl sites for hydroxylation is 1. The molecule has 1 saturated carbocycles. The van der Waals surface area contributed by atoms with E-state index < -0.39 is 10.0 Å². The third-order valence-corrected chi connectivity index (χ3v) is 5.07. The van der Waals surface area contributed by atoms with Crippen molar-refractivity contribution < 1.29 is 8.42 Å². The van der Waals surface area contributed by atoms with Crippen LogP contribution in [0.4, 0.5) is 0 Å². The van der Waals surface area contributed by atoms with Gasteiger partial charge in [0.15, 0.2) is 5.96 Å². The van der Waals surface area contributed by atoms with Gasteiger partial charge >= 0.3 is 0 Å². The Bertz CT molecular complexity index is 628. The third-order valence-electron chi connectivity index (χ3n) is 3.59. The summed E-state index contributed by atoms with van der Waals surface area (Å²) in [5.74, 6) is 1.47. The van der Waals surface area contributed by atoms with Gasteiger partial charge < -0.3 is 10.6 Å². The van der Waals surface area contributed by atoms with Crippen molar-refractivity contribution in [2.45, 2.75) is 31.6 Å². The molecule has 0 bridgehead atoms. The van der Waals surface area contributed by atoms with Crippen LogP contribution in [0.15, 0.2) is 34.2 Å². The van der Waals surface area contributed by atoms with Crippen molar-refractivity contribution in [3.05, 3.63) is 29.8 Å². The van der Waals surface area contributed by atoms with E-state index in [2.05, 4.69) is 20.3 Å². The molecule has 1 aromatic rings. The summed E-state index contributed by atoms with van der Waals surface area (Å²) in [5.41, 5.74) is 1.03. The maximum atomic E-state index is 12.2. The maximum Gasteiger partial charge on any atom is 0.240 e. The molecular weight excluding hydrogens is 439 g/mol. The molecule has 0 unspecified atom stereocenters. The van der Waals surface area contributed by atoms with Crippen LogP contribution in [0, 0.1) is 12.8 Å². The fourth-order valence-electron chi connectivity index (χ4n) is 2.03. The molecule has 0 radical (unpaired) electrons. The number of guanidine groups is 1. The van der Waals surface area contributed by atoms with Crippen LogP contribution in [-0.4, -0.2) is 40.6 Å². The second-order valence-corrected chi connectivity index (χ2v) is 7.57. The van der Waals surface area contributed by atoms with Crippen molar-refractivity contribution in [3.8, 4) is 0 Å². The lowest BCUT2D eigenvalue weighted by molar-refractivity contribution is 0.580. The predicted octanol–water partition coefficient (Wildman–Crippen LogP) is 1.86. The van der Waals surface area contributed by atoms with E-state index in [4.69, 9.17) is 0 Å². The standard InChI is InChI=1S/C16H26N4O2S.HI/c1-3-17-16(19-12-14-6-7-14)18-10-11-20-23(21,22)15-8-4-13(2)5-9-15;/h4-5,8-9,14,20H,3,6-7,10-12H2,1-2H3,(H2,17,18,19);1H. The minimum absolute atomic E-state index is 0. The topological polar surface area (TPSA) is 82.6 Å². The highest BCUT2D eigenvalue weighted by atomic mass is 127. The normalized spacial score (nSPS) is 14.8. The summed E-state index contributed by atoms with van der Waals surface area (Å²) in [6.45, 7) is 6.35. The second kappa shape index (κ2) is 10.2. The number of rotatable bonds is 8. The average molecular weight is 466 g/mol. The summed E-state index contributed by atoms with van der Waals surface area (Å²) >= 11 is 0. The van der Waals surface area contributed by atoms with Gasteiger partial charge in [-0.3, -0.25) is 4.99 Å². The highest BCUT2D eigenvalue weighted by Gasteiger charge is 2.20. The third kappa shape index (κ3) is 7.35. The fraction of sp³-hybridized carbons (Fsp3) is 0.562. The molecule has 6 nitrogen and oxygen atoms in total. The number of hydrogen-bond acceptors (Lipinski definition) is 3. The number of nitrogens with zero attached hydrogens (tertiary/aromatic N) is 1. The number of hydrogen-bond donors (Lipinski definition) is 3. The molecule has 1 aromatic carbocycles. The fourth-order valence-corrected chi connectivity index (χ4v) is 3.06. The first-order valence-corrected chi connectivity index (χ1v) is 9.58. The molecule has 0 amide bonds. The molecule has 0 heterocycles. The second-order valence-electron chi connectivity index (χ2n) is 5.80. The van der Waals surface area contributed by atoms with E-state index in [9.17, 15) is 8.42 Å². The van der Waals surface area contributed by atoms with Crippen LogP contribution in [0.1, 0.15) is 25.3 Å². The van der Waals surface area contributed by atoms with Gasteiger partial charge in [-0.1, -0.05) is 17.7 Å². The van der Waals surface area contributed by atoms with E-state index in [0.29, 0.717) is 13.1 Å². The summed E-state index contributed by atoms with van der Waals surface area (Å²) < 4.78 is 26.9. The number of benzene rings is 1. The largest absolute Gasteiger partial charge is 0.357 e. The van der Waals surface area contributed by atoms with Gasteiger partial charge in [0.05, 0.1) is 4.90 Å². The lowest BCUT2D eigenvalue weighted by atomic mass is 10.2. The Labute approximate surface area is 162 Å². The first-order chi connectivity index (χ1) is 11.0. The van der Waals surface area contributed by atoms with E-state index >= 15 is 0 Å². The van der Waals surface area contributed by atoms with Crippen molar-refractivity contribution in [2.24, 2.45) is 10.9 Å². The van der Waals surface area contributed by atoms with Crippen LogP contribution in [0.2, 0.25) is 0 Å². The van der Waals surface area contributed by atoms with Crippen LogP contribution >= 0.6 is 24.0 Å². The number of aliphatic imine (C=N–C) groups is 1. The van der Waals surface area contributed by atoms with E-state index in [1.54, 1.807) is 24.3 Å². The molecular formula is C16H27IN4O2S. The zero-order valence-corrected chi connectivity index (χ0v) is 17.4. The Kier molecular flexibility index (Phi) is 8.99. The van der Waals surface area contributed by atoms with Gasteiger partial charge in [-0.05, 0) is 44.7 Å². The Morgan fingerprint density at radius 2 is 1.83 bits per heavy atom. The molecule has 0 atom stereocenters. The monoisotopic (exact) mass is 466 g/mol. The molecule has 0 aliphatic heterocycles. The summed E-state index contributed by atoms with van der Waals surface area (Å²) in [6.07, 6.45) is 2.53. The Morgan fingerprint density at radius 1 is 1.17 bits per heavy atom. The highest BCUT2D eigenvalue weighted by Crippen LogP contribution is 2.28. The predicted molar refractivity (Wildman–Crippen MR) is 108 cm³/mol. The van der Waals surface area contributed by atoms with Crippen LogP contribution < -0.4 is 15.4 Å². The zero-order valence-electron chi connectivity index (χ0n) is 14.2. The molecule has 136 valence electrons. The Hall–Kier alpha value is -0.870. The zero-order chi connectivity index (χ0) is 16.7. The van der Waals surface area contributed by atoms with E-state index in [-0.39, 0.29) is 28.9 Å². The maximum absolute atomic E-state index is 12.2. The van der Waals surface area contributed by atoms with Gasteiger partial charge in [0.25, 0.3) is 0 Å². The summed E-state index contributed by atoms with van der Waals surface area (Å²) in [5, 5.41) is 6.31. The Morgan fingerprint density at radius 3 is 2.42 bits per heavy atom. The van der Waals surface area contributed by atoms with E-state index in [1.165, 1.54) is 12.8 Å². The molecule has 0 saturated heterocycles. The first-order valence-electron chi connectivity index (χ1n) is 8.10. The van der Waals surface area contributed by atoms with Crippen molar-refractivity contribution in [1.29, 1.82) is 0 Å². The quantitative estimate of drug-likeness (QED) is 0.237. The van der Waals surface area contributed by atoms with E-state index in [1.807, 2.05) is 13.8 Å². The lowest BCUT2D eigenvalue weighted by Gasteiger charge is -2.12. The van der Waals surface area contributed by atoms with Gasteiger partial charge in [0.2, 0.25) is 10.0 Å². The summed E-state index contributed by atoms with van der Waals surface area (Å²) in [4.78, 5) is 4.78. The van der Waals surface area contributed by atoms with Crippen LogP contribution in [0.25, 0.3) is 0 Å². The highest BCUT2D eigenvalue weighted by molar-refractivity contribution is 14.0. The molecule has 0 spiro atoms. The van der Waals surface area contributed by atoms with Gasteiger partial charge in [0, 0.05) is 26.2 Å². The van der Waals surface area contributed by atoms with Crippen LogP contribution in [0.5, 0.6) is 0 Å². The van der Waals surface area contributed by atoms with Crippen LogP contribution in [-0.2, 0) is 10.0 Å². The van der Waals surface area contributed by atoms with Gasteiger partial charge in [0.1, 0.15) is 0 Å². The summed E-state index contributed by atoms with van der Waals surface area (Å²) in [7, 11) is -3.45. The molecule has 24 heavy (non-hydrogen) atoms. The van der Waals surface area contributed by atoms with Crippen LogP contribution in [0.3, 0.4) is 0 Å². The summed E-state index contributed by atoms with van der Waals surface area (Å²) in [6, 6.07) is 6.82. The van der Waals surface area contributed by atoms with Crippen molar-refractivity contribution in [3.63, 3.8) is 0 Å². The molecule has 1 aliphatic rings. The van der Waals surface area contributed by atoms with Crippen molar-refractivity contribution in [1.82, 2.24) is 15.4 Å². The molecule has 3 N–H and O–H groups in total. The number of nitrogens with one attached hydrogen (secondary N) is 3. The Balaban J connectivity index is 0.00000288. The minimum Gasteiger partial charge on any atom is -0.357 e. The molecule has 2 rings (SSSR count). The van der Waals surface area contributed by atoms with Gasteiger partial charge in [-0.25, -0.2) is 13.1 Å². The minimum atomic E-state index is -3.45. The van der Waals surface area contributed by atoms with Crippen molar-refractivity contribution in [2.75, 3.05) is 26.2 Å². The van der Waals surface area contributed by atoms with Gasteiger partial charge in [-0.15, -0.1) is 24.0 Å². The van der Waals surface area contributed by atoms with Gasteiger partial charge in [-0.2, -0.15) is 0 Å². The molecule has 8 heteroatoms. The molecule has 1 fully saturated rings. The number of sulfonamides is 1. The smallest absolute Gasteiger partial charge is 0.240 e. The molecule has 0 aromatic heterocycles. The van der Waals surface area contributed by atoms with E-state index in [0.717, 1.165) is 30.5 Å². The lowest BCUT2D eigenvalue weighted by Crippen LogP contribution is -2.41. The van der Waals surface area contributed by atoms with Crippen molar-refractivity contribution >= 4 is 40.0 Å². The molecule has 1 aliphatic carbocycles. The first kappa shape index (κ1) is 21.2. The number of halogens is 1.